The fourth-order valence-corrected chi connectivity index (χ4v) is 0.769. The lowest BCUT2D eigenvalue weighted by Crippen LogP contribution is -2.02. The van der Waals surface area contributed by atoms with E-state index in [0.29, 0.717) is 5.69 Å². The Morgan fingerprint density at radius 1 is 1.67 bits per heavy atom. The summed E-state index contributed by atoms with van der Waals surface area (Å²) in [6.07, 6.45) is 1.39. The van der Waals surface area contributed by atoms with Crippen molar-refractivity contribution in [3.63, 3.8) is 0 Å². The number of aromatic carboxylic acids is 1. The van der Waals surface area contributed by atoms with Crippen LogP contribution in [0.1, 0.15) is 23.0 Å². The Balaban J connectivity index is 3.12. The number of carbonyl (C=O) groups is 1. The third-order valence-electron chi connectivity index (χ3n) is 1.39. The van der Waals surface area contributed by atoms with Crippen LogP contribution >= 0.6 is 0 Å². The van der Waals surface area contributed by atoms with Crippen LogP contribution in [0, 0.1) is 5.41 Å². The molecule has 0 unspecified atom stereocenters. The summed E-state index contributed by atoms with van der Waals surface area (Å²) in [5, 5.41) is 15.8. The van der Waals surface area contributed by atoms with Gasteiger partial charge in [0.1, 0.15) is 0 Å². The highest BCUT2D eigenvalue weighted by Crippen LogP contribution is 2.01. The van der Waals surface area contributed by atoms with E-state index in [1.807, 2.05) is 0 Å². The van der Waals surface area contributed by atoms with Gasteiger partial charge in [0.05, 0.1) is 17.0 Å². The molecule has 2 N–H and O–H groups in total. The van der Waals surface area contributed by atoms with Crippen molar-refractivity contribution in [1.82, 2.24) is 4.98 Å². The molecule has 0 fully saturated rings. The number of pyridine rings is 1. The second-order valence-electron chi connectivity index (χ2n) is 2.36. The molecule has 12 heavy (non-hydrogen) atoms. The standard InChI is InChI=1S/C8H8N2O2/c1-5(9)7-4-6(8(11)12)2-3-10-7/h2-4,9H,1H3,(H,11,12). The Bertz CT molecular complexity index is 304. The Hall–Kier alpha value is -1.71. The molecular formula is C8H8N2O2. The second kappa shape index (κ2) is 3.13. The predicted octanol–water partition coefficient (Wildman–Crippen LogP) is 1.17. The number of aromatic nitrogens is 1. The molecule has 1 rings (SSSR count). The first-order valence-corrected chi connectivity index (χ1v) is 3.36. The lowest BCUT2D eigenvalue weighted by molar-refractivity contribution is 0.0696. The van der Waals surface area contributed by atoms with E-state index in [0.717, 1.165) is 0 Å². The van der Waals surface area contributed by atoms with E-state index in [1.54, 1.807) is 6.92 Å². The summed E-state index contributed by atoms with van der Waals surface area (Å²) >= 11 is 0. The zero-order chi connectivity index (χ0) is 9.14. The molecule has 0 atom stereocenters. The zero-order valence-corrected chi connectivity index (χ0v) is 6.53. The van der Waals surface area contributed by atoms with Gasteiger partial charge in [-0.1, -0.05) is 0 Å². The van der Waals surface area contributed by atoms with Crippen LogP contribution in [0.2, 0.25) is 0 Å². The highest BCUT2D eigenvalue weighted by atomic mass is 16.4. The van der Waals surface area contributed by atoms with Crippen molar-refractivity contribution in [2.45, 2.75) is 6.92 Å². The fraction of sp³-hybridized carbons (Fsp3) is 0.125. The predicted molar refractivity (Wildman–Crippen MR) is 43.7 cm³/mol. The molecule has 0 saturated carbocycles. The summed E-state index contributed by atoms with van der Waals surface area (Å²) in [6.45, 7) is 1.56. The second-order valence-corrected chi connectivity index (χ2v) is 2.36. The van der Waals surface area contributed by atoms with Crippen molar-refractivity contribution in [2.24, 2.45) is 0 Å². The van der Waals surface area contributed by atoms with Crippen molar-refractivity contribution < 1.29 is 9.90 Å². The fourth-order valence-electron chi connectivity index (χ4n) is 0.769. The first kappa shape index (κ1) is 8.39. The number of rotatable bonds is 2. The van der Waals surface area contributed by atoms with Gasteiger partial charge in [-0.3, -0.25) is 4.98 Å². The van der Waals surface area contributed by atoms with E-state index in [4.69, 9.17) is 10.5 Å². The van der Waals surface area contributed by atoms with Gasteiger partial charge in [0, 0.05) is 6.20 Å². The van der Waals surface area contributed by atoms with E-state index in [-0.39, 0.29) is 11.3 Å². The van der Waals surface area contributed by atoms with Gasteiger partial charge in [-0.25, -0.2) is 4.79 Å². The van der Waals surface area contributed by atoms with Gasteiger partial charge < -0.3 is 10.5 Å². The summed E-state index contributed by atoms with van der Waals surface area (Å²) < 4.78 is 0. The quantitative estimate of drug-likeness (QED) is 0.644. The van der Waals surface area contributed by atoms with Crippen LogP contribution in [0.5, 0.6) is 0 Å². The van der Waals surface area contributed by atoms with Gasteiger partial charge in [-0.15, -0.1) is 0 Å². The molecule has 0 radical (unpaired) electrons. The van der Waals surface area contributed by atoms with Crippen LogP contribution in [0.25, 0.3) is 0 Å². The van der Waals surface area contributed by atoms with E-state index >= 15 is 0 Å². The minimum atomic E-state index is -1.00. The summed E-state index contributed by atoms with van der Waals surface area (Å²) in [7, 11) is 0. The third kappa shape index (κ3) is 1.66. The topological polar surface area (TPSA) is 74.0 Å². The van der Waals surface area contributed by atoms with Crippen molar-refractivity contribution in [3.05, 3.63) is 29.6 Å². The Kier molecular flexibility index (Phi) is 2.19. The monoisotopic (exact) mass is 164 g/mol. The first-order valence-electron chi connectivity index (χ1n) is 3.36. The van der Waals surface area contributed by atoms with Crippen LogP contribution in [0.4, 0.5) is 0 Å². The Morgan fingerprint density at radius 2 is 2.33 bits per heavy atom. The number of nitrogens with one attached hydrogen (secondary N) is 1. The average Bonchev–Trinajstić information content (AvgIpc) is 2.04. The highest BCUT2D eigenvalue weighted by molar-refractivity contribution is 5.97. The largest absolute Gasteiger partial charge is 0.478 e. The van der Waals surface area contributed by atoms with Crippen LogP contribution in [0.15, 0.2) is 18.3 Å². The molecule has 0 spiro atoms. The van der Waals surface area contributed by atoms with E-state index in [9.17, 15) is 4.79 Å². The average molecular weight is 164 g/mol. The lowest BCUT2D eigenvalue weighted by atomic mass is 10.2. The molecule has 1 heterocycles. The van der Waals surface area contributed by atoms with Crippen LogP contribution < -0.4 is 0 Å². The number of hydrogen-bond donors (Lipinski definition) is 2. The Morgan fingerprint density at radius 3 is 2.83 bits per heavy atom. The minimum Gasteiger partial charge on any atom is -0.478 e. The Labute approximate surface area is 69.4 Å². The molecule has 0 bridgehead atoms. The van der Waals surface area contributed by atoms with Crippen LogP contribution in [-0.4, -0.2) is 21.8 Å². The van der Waals surface area contributed by atoms with Crippen molar-refractivity contribution >= 4 is 11.7 Å². The maximum atomic E-state index is 10.5. The van der Waals surface area contributed by atoms with Gasteiger partial charge in [0.25, 0.3) is 0 Å². The van der Waals surface area contributed by atoms with Gasteiger partial charge in [0.15, 0.2) is 0 Å². The van der Waals surface area contributed by atoms with E-state index < -0.39 is 5.97 Å². The SMILES string of the molecule is CC(=N)c1cc(C(=O)O)ccn1. The van der Waals surface area contributed by atoms with Crippen molar-refractivity contribution in [2.75, 3.05) is 0 Å². The molecule has 0 aliphatic rings. The van der Waals surface area contributed by atoms with Gasteiger partial charge in [0.2, 0.25) is 0 Å². The maximum Gasteiger partial charge on any atom is 0.335 e. The molecule has 62 valence electrons. The van der Waals surface area contributed by atoms with Gasteiger partial charge in [-0.2, -0.15) is 0 Å². The zero-order valence-electron chi connectivity index (χ0n) is 6.53. The van der Waals surface area contributed by atoms with Crippen molar-refractivity contribution in [3.8, 4) is 0 Å². The smallest absolute Gasteiger partial charge is 0.335 e. The van der Waals surface area contributed by atoms with E-state index in [2.05, 4.69) is 4.98 Å². The molecule has 4 nitrogen and oxygen atoms in total. The normalized spacial score (nSPS) is 9.42. The van der Waals surface area contributed by atoms with Crippen LogP contribution in [-0.2, 0) is 0 Å². The lowest BCUT2D eigenvalue weighted by Gasteiger charge is -1.97. The number of nitrogens with zero attached hydrogens (tertiary/aromatic N) is 1. The molecule has 4 heteroatoms. The number of hydrogen-bond acceptors (Lipinski definition) is 3. The first-order chi connectivity index (χ1) is 5.61. The van der Waals surface area contributed by atoms with Crippen LogP contribution in [0.3, 0.4) is 0 Å². The number of carboxylic acid groups (broad SMARTS) is 1. The molecule has 0 amide bonds. The third-order valence-corrected chi connectivity index (χ3v) is 1.39. The van der Waals surface area contributed by atoms with Crippen molar-refractivity contribution in [1.29, 1.82) is 5.41 Å². The molecule has 0 aliphatic heterocycles. The molecule has 0 saturated heterocycles. The van der Waals surface area contributed by atoms with Gasteiger partial charge >= 0.3 is 5.97 Å². The molecule has 1 aromatic heterocycles. The minimum absolute atomic E-state index is 0.159. The molecule has 0 aliphatic carbocycles. The summed E-state index contributed by atoms with van der Waals surface area (Å²) in [6, 6.07) is 2.78. The highest BCUT2D eigenvalue weighted by Gasteiger charge is 2.04. The summed E-state index contributed by atoms with van der Waals surface area (Å²) in [5.74, 6) is -1.00. The summed E-state index contributed by atoms with van der Waals surface area (Å²) in [5.41, 5.74) is 0.819. The number of carboxylic acids is 1. The molecule has 0 aromatic carbocycles. The molecule has 1 aromatic rings. The maximum absolute atomic E-state index is 10.5. The van der Waals surface area contributed by atoms with Gasteiger partial charge in [-0.05, 0) is 19.1 Å². The summed E-state index contributed by atoms with van der Waals surface area (Å²) in [4.78, 5) is 14.3. The van der Waals surface area contributed by atoms with E-state index in [1.165, 1.54) is 18.3 Å². The molecular weight excluding hydrogens is 156 g/mol.